The van der Waals surface area contributed by atoms with E-state index in [-0.39, 0.29) is 10.8 Å². The molecule has 2 aliphatic heterocycles. The number of hydrogen-bond acceptors (Lipinski definition) is 2. The summed E-state index contributed by atoms with van der Waals surface area (Å²) in [5.41, 5.74) is 1.20. The van der Waals surface area contributed by atoms with E-state index >= 15 is 0 Å². The first-order valence-electron chi connectivity index (χ1n) is 6.89. The zero-order chi connectivity index (χ0) is 13.6. The smallest absolute Gasteiger partial charge is 0.124 e. The van der Waals surface area contributed by atoms with Gasteiger partial charge in [0.15, 0.2) is 0 Å². The summed E-state index contributed by atoms with van der Waals surface area (Å²) >= 11 is 0. The zero-order valence-corrected chi connectivity index (χ0v) is 12.6. The lowest BCUT2D eigenvalue weighted by Gasteiger charge is -2.35. The van der Waals surface area contributed by atoms with Gasteiger partial charge in [0, 0.05) is 18.0 Å². The van der Waals surface area contributed by atoms with Gasteiger partial charge in [0.1, 0.15) is 16.7 Å². The fourth-order valence-corrected chi connectivity index (χ4v) is 4.47. The molecule has 19 heavy (non-hydrogen) atoms. The summed E-state index contributed by atoms with van der Waals surface area (Å²) in [6, 6.07) is 8.43. The molecule has 1 fully saturated rings. The van der Waals surface area contributed by atoms with Gasteiger partial charge in [-0.3, -0.25) is 0 Å². The molecule has 2 aliphatic rings. The molecule has 0 aliphatic carbocycles. The van der Waals surface area contributed by atoms with Crippen molar-refractivity contribution < 1.29 is 8.95 Å². The Balaban J connectivity index is 1.98. The highest BCUT2D eigenvalue weighted by Crippen LogP contribution is 2.46. The van der Waals surface area contributed by atoms with Crippen LogP contribution in [0.5, 0.6) is 5.75 Å². The molecule has 0 aromatic heterocycles. The Morgan fingerprint density at radius 1 is 1.32 bits per heavy atom. The van der Waals surface area contributed by atoms with Gasteiger partial charge in [0.2, 0.25) is 0 Å². The third-order valence-electron chi connectivity index (χ3n) is 3.90. The van der Waals surface area contributed by atoms with E-state index < -0.39 is 11.0 Å². The van der Waals surface area contributed by atoms with Crippen molar-refractivity contribution in [1.82, 2.24) is 4.31 Å². The van der Waals surface area contributed by atoms with Gasteiger partial charge in [0.05, 0.1) is 17.4 Å². The van der Waals surface area contributed by atoms with Gasteiger partial charge in [0.25, 0.3) is 0 Å². The highest BCUT2D eigenvalue weighted by molar-refractivity contribution is 7.84. The Kier molecular flexibility index (Phi) is 3.18. The number of para-hydroxylation sites is 1. The third kappa shape index (κ3) is 2.21. The predicted octanol–water partition coefficient (Wildman–Crippen LogP) is 2.90. The van der Waals surface area contributed by atoms with E-state index in [1.807, 2.05) is 39.0 Å². The molecule has 1 unspecified atom stereocenters. The lowest BCUT2D eigenvalue weighted by atomic mass is 9.92. The van der Waals surface area contributed by atoms with E-state index in [0.29, 0.717) is 5.92 Å². The molecule has 104 valence electrons. The molecule has 4 heteroatoms. The molecule has 1 saturated heterocycles. The van der Waals surface area contributed by atoms with Crippen molar-refractivity contribution >= 4 is 11.0 Å². The maximum atomic E-state index is 12.7. The van der Waals surface area contributed by atoms with Crippen molar-refractivity contribution in [1.29, 1.82) is 0 Å². The normalized spacial score (nSPS) is 28.4. The average Bonchev–Trinajstić information content (AvgIpc) is 2.80. The molecule has 1 aromatic rings. The van der Waals surface area contributed by atoms with Gasteiger partial charge < -0.3 is 4.74 Å². The van der Waals surface area contributed by atoms with Gasteiger partial charge in [-0.25, -0.2) is 8.51 Å². The SMILES string of the molecule is CC(C)(C)S(=O)N1CC[C@H]2COc3ccccc3[C@H]21. The van der Waals surface area contributed by atoms with Crippen molar-refractivity contribution in [2.45, 2.75) is 38.0 Å². The first-order chi connectivity index (χ1) is 8.98. The van der Waals surface area contributed by atoms with Crippen molar-refractivity contribution in [2.24, 2.45) is 5.92 Å². The van der Waals surface area contributed by atoms with Crippen LogP contribution in [-0.4, -0.2) is 26.4 Å². The first kappa shape index (κ1) is 13.1. The summed E-state index contributed by atoms with van der Waals surface area (Å²) < 4.78 is 20.5. The second-order valence-electron chi connectivity index (χ2n) is 6.34. The minimum absolute atomic E-state index is 0.206. The quantitative estimate of drug-likeness (QED) is 0.791. The molecule has 0 spiro atoms. The van der Waals surface area contributed by atoms with Crippen LogP contribution in [0.2, 0.25) is 0 Å². The summed E-state index contributed by atoms with van der Waals surface area (Å²) in [7, 11) is -0.961. The van der Waals surface area contributed by atoms with Crippen LogP contribution in [0.3, 0.4) is 0 Å². The van der Waals surface area contributed by atoms with Crippen LogP contribution in [0.25, 0.3) is 0 Å². The molecule has 0 N–H and O–H groups in total. The first-order valence-corrected chi connectivity index (χ1v) is 7.99. The van der Waals surface area contributed by atoms with Gasteiger partial charge >= 0.3 is 0 Å². The molecule has 3 atom stereocenters. The minimum atomic E-state index is -0.961. The average molecular weight is 279 g/mol. The topological polar surface area (TPSA) is 29.5 Å². The number of benzene rings is 1. The van der Waals surface area contributed by atoms with Crippen LogP contribution in [0.4, 0.5) is 0 Å². The van der Waals surface area contributed by atoms with E-state index in [1.165, 1.54) is 5.56 Å². The second kappa shape index (κ2) is 4.60. The second-order valence-corrected chi connectivity index (χ2v) is 8.54. The minimum Gasteiger partial charge on any atom is -0.493 e. The van der Waals surface area contributed by atoms with Crippen LogP contribution in [0.15, 0.2) is 24.3 Å². The summed E-state index contributed by atoms with van der Waals surface area (Å²) in [5, 5.41) is 0. The van der Waals surface area contributed by atoms with Crippen LogP contribution in [-0.2, 0) is 11.0 Å². The van der Waals surface area contributed by atoms with Crippen molar-refractivity contribution in [3.63, 3.8) is 0 Å². The predicted molar refractivity (Wildman–Crippen MR) is 77.4 cm³/mol. The van der Waals surface area contributed by atoms with Crippen LogP contribution < -0.4 is 4.74 Å². The van der Waals surface area contributed by atoms with Gasteiger partial charge in [-0.15, -0.1) is 0 Å². The van der Waals surface area contributed by atoms with Crippen LogP contribution in [0, 0.1) is 5.92 Å². The van der Waals surface area contributed by atoms with E-state index in [1.54, 1.807) is 0 Å². The number of nitrogens with zero attached hydrogens (tertiary/aromatic N) is 1. The Morgan fingerprint density at radius 3 is 2.79 bits per heavy atom. The van der Waals surface area contributed by atoms with Crippen molar-refractivity contribution in [3.05, 3.63) is 29.8 Å². The molecule has 0 bridgehead atoms. The van der Waals surface area contributed by atoms with Gasteiger partial charge in [-0.1, -0.05) is 18.2 Å². The molecule has 3 rings (SSSR count). The lowest BCUT2D eigenvalue weighted by molar-refractivity contribution is 0.185. The number of hydrogen-bond donors (Lipinski definition) is 0. The maximum absolute atomic E-state index is 12.7. The monoisotopic (exact) mass is 279 g/mol. The summed E-state index contributed by atoms with van der Waals surface area (Å²) in [4.78, 5) is 0. The largest absolute Gasteiger partial charge is 0.493 e. The lowest BCUT2D eigenvalue weighted by Crippen LogP contribution is -2.39. The molecule has 2 heterocycles. The molecule has 3 nitrogen and oxygen atoms in total. The van der Waals surface area contributed by atoms with Crippen LogP contribution >= 0.6 is 0 Å². The Morgan fingerprint density at radius 2 is 2.05 bits per heavy atom. The standard InChI is InChI=1S/C15H21NO2S/c1-15(2,3)19(17)16-9-8-11-10-18-13-7-5-4-6-12(13)14(11)16/h4-7,11,14H,8-10H2,1-3H3/t11-,14-,19?/m0/s1. The number of ether oxygens (including phenoxy) is 1. The Hall–Kier alpha value is -0.870. The zero-order valence-electron chi connectivity index (χ0n) is 11.8. The maximum Gasteiger partial charge on any atom is 0.124 e. The van der Waals surface area contributed by atoms with Crippen LogP contribution in [0.1, 0.15) is 38.8 Å². The highest BCUT2D eigenvalue weighted by Gasteiger charge is 2.44. The van der Waals surface area contributed by atoms with Crippen molar-refractivity contribution in [3.8, 4) is 5.75 Å². The fraction of sp³-hybridized carbons (Fsp3) is 0.600. The molecule has 0 radical (unpaired) electrons. The molecule has 0 amide bonds. The summed E-state index contributed by atoms with van der Waals surface area (Å²) in [5.74, 6) is 1.43. The Labute approximate surface area is 117 Å². The molecular formula is C15H21NO2S. The summed E-state index contributed by atoms with van der Waals surface area (Å²) in [6.07, 6.45) is 1.07. The third-order valence-corrected chi connectivity index (χ3v) is 5.79. The Bertz CT molecular complexity index is 509. The fourth-order valence-electron chi connectivity index (χ4n) is 3.00. The molecule has 1 aromatic carbocycles. The number of fused-ring (bicyclic) bond motifs is 3. The van der Waals surface area contributed by atoms with Crippen molar-refractivity contribution in [2.75, 3.05) is 13.2 Å². The van der Waals surface area contributed by atoms with E-state index in [0.717, 1.165) is 25.3 Å². The summed E-state index contributed by atoms with van der Waals surface area (Å²) in [6.45, 7) is 7.78. The van der Waals surface area contributed by atoms with E-state index in [9.17, 15) is 4.21 Å². The number of rotatable bonds is 1. The molecule has 0 saturated carbocycles. The highest BCUT2D eigenvalue weighted by atomic mass is 32.2. The van der Waals surface area contributed by atoms with E-state index in [4.69, 9.17) is 4.74 Å². The van der Waals surface area contributed by atoms with Gasteiger partial charge in [-0.05, 0) is 33.3 Å². The van der Waals surface area contributed by atoms with Gasteiger partial charge in [-0.2, -0.15) is 0 Å². The molecular weight excluding hydrogens is 258 g/mol. The van der Waals surface area contributed by atoms with E-state index in [2.05, 4.69) is 10.4 Å².